The second-order valence-electron chi connectivity index (χ2n) is 8.77. The molecule has 0 saturated carbocycles. The van der Waals surface area contributed by atoms with Gasteiger partial charge in [-0.2, -0.15) is 0 Å². The number of amides is 3. The fraction of sp³-hybridized carbons (Fsp3) is 0.385. The summed E-state index contributed by atoms with van der Waals surface area (Å²) in [7, 11) is 0. The second kappa shape index (κ2) is 8.34. The highest BCUT2D eigenvalue weighted by atomic mass is 16.2. The van der Waals surface area contributed by atoms with Crippen LogP contribution in [0.3, 0.4) is 0 Å². The van der Waals surface area contributed by atoms with Gasteiger partial charge in [-0.3, -0.25) is 4.79 Å². The van der Waals surface area contributed by atoms with Gasteiger partial charge in [0.1, 0.15) is 0 Å². The zero-order chi connectivity index (χ0) is 22.2. The fourth-order valence-corrected chi connectivity index (χ4v) is 5.47. The van der Waals surface area contributed by atoms with Crippen molar-refractivity contribution in [3.63, 3.8) is 0 Å². The van der Waals surface area contributed by atoms with Crippen LogP contribution in [0.1, 0.15) is 36.6 Å². The number of allylic oxidation sites excluding steroid dienone is 2. The molecule has 1 aromatic heterocycles. The number of carbonyl (C=O) groups excluding carboxylic acids is 2. The van der Waals surface area contributed by atoms with Gasteiger partial charge in [-0.1, -0.05) is 36.4 Å². The zero-order valence-electron chi connectivity index (χ0n) is 18.7. The van der Waals surface area contributed by atoms with E-state index in [4.69, 9.17) is 0 Å². The largest absolute Gasteiger partial charge is 0.364 e. The third kappa shape index (κ3) is 3.44. The molecule has 2 aliphatic carbocycles. The molecule has 1 unspecified atom stereocenters. The molecular formula is C26H30N4O2. The van der Waals surface area contributed by atoms with Crippen LogP contribution >= 0.6 is 0 Å². The van der Waals surface area contributed by atoms with Crippen LogP contribution in [0.5, 0.6) is 0 Å². The predicted octanol–water partition coefficient (Wildman–Crippen LogP) is 4.09. The molecule has 3 atom stereocenters. The van der Waals surface area contributed by atoms with Crippen LogP contribution in [0.15, 0.2) is 60.3 Å². The van der Waals surface area contributed by atoms with Crippen LogP contribution in [0.2, 0.25) is 0 Å². The van der Waals surface area contributed by atoms with E-state index >= 15 is 0 Å². The molecule has 3 aliphatic rings. The van der Waals surface area contributed by atoms with Crippen molar-refractivity contribution in [3.05, 3.63) is 77.2 Å². The fourth-order valence-electron chi connectivity index (χ4n) is 5.47. The smallest absolute Gasteiger partial charge is 0.322 e. The van der Waals surface area contributed by atoms with Gasteiger partial charge in [0.15, 0.2) is 0 Å². The van der Waals surface area contributed by atoms with E-state index in [-0.39, 0.29) is 29.8 Å². The van der Waals surface area contributed by atoms with Crippen LogP contribution in [0, 0.1) is 5.92 Å². The van der Waals surface area contributed by atoms with Gasteiger partial charge >= 0.3 is 6.03 Å². The lowest BCUT2D eigenvalue weighted by Crippen LogP contribution is -2.54. The first-order valence-electron chi connectivity index (χ1n) is 11.6. The number of benzene rings is 1. The van der Waals surface area contributed by atoms with Crippen molar-refractivity contribution in [2.75, 3.05) is 25.0 Å². The van der Waals surface area contributed by atoms with E-state index in [0.717, 1.165) is 18.5 Å². The average molecular weight is 431 g/mol. The number of carbonyl (C=O) groups is 2. The molecule has 1 aromatic carbocycles. The molecule has 0 spiro atoms. The van der Waals surface area contributed by atoms with Gasteiger partial charge in [-0.05, 0) is 49.1 Å². The van der Waals surface area contributed by atoms with Crippen LogP contribution in [-0.4, -0.2) is 52.4 Å². The SMILES string of the molecule is CCN(CC)C(=O)[C@@H]1C=C2C3C=CCc4[nH]cc(c43)C[C@H]2N(C(=O)Nc2ccccc2)C1. The van der Waals surface area contributed by atoms with E-state index in [2.05, 4.69) is 34.7 Å². The quantitative estimate of drug-likeness (QED) is 0.718. The first-order chi connectivity index (χ1) is 15.6. The minimum Gasteiger partial charge on any atom is -0.364 e. The van der Waals surface area contributed by atoms with Crippen LogP contribution < -0.4 is 5.32 Å². The van der Waals surface area contributed by atoms with Gasteiger partial charge < -0.3 is 20.1 Å². The van der Waals surface area contributed by atoms with Crippen molar-refractivity contribution in [2.45, 2.75) is 38.6 Å². The van der Waals surface area contributed by atoms with Crippen LogP contribution in [0.4, 0.5) is 10.5 Å². The van der Waals surface area contributed by atoms with Crippen LogP contribution in [-0.2, 0) is 17.6 Å². The molecule has 0 saturated heterocycles. The number of aromatic amines is 1. The van der Waals surface area contributed by atoms with Gasteiger partial charge in [-0.25, -0.2) is 4.79 Å². The highest BCUT2D eigenvalue weighted by molar-refractivity contribution is 5.91. The average Bonchev–Trinajstić information content (AvgIpc) is 3.24. The van der Waals surface area contributed by atoms with Crippen molar-refractivity contribution in [1.82, 2.24) is 14.8 Å². The molecule has 2 N–H and O–H groups in total. The topological polar surface area (TPSA) is 68.4 Å². The summed E-state index contributed by atoms with van der Waals surface area (Å²) in [6.45, 7) is 5.74. The number of H-pyrrole nitrogens is 1. The van der Waals surface area contributed by atoms with Gasteiger partial charge in [0.25, 0.3) is 0 Å². The Bertz CT molecular complexity index is 1080. The highest BCUT2D eigenvalue weighted by Crippen LogP contribution is 2.45. The maximum absolute atomic E-state index is 13.5. The number of nitrogens with one attached hydrogen (secondary N) is 2. The molecule has 166 valence electrons. The molecule has 5 rings (SSSR count). The molecule has 32 heavy (non-hydrogen) atoms. The summed E-state index contributed by atoms with van der Waals surface area (Å²) in [5.74, 6) is -0.113. The Kier molecular flexibility index (Phi) is 5.37. The van der Waals surface area contributed by atoms with Crippen molar-refractivity contribution in [2.24, 2.45) is 5.92 Å². The number of anilines is 1. The standard InChI is InChI=1S/C26H30N4O2/c1-3-29(4-2)25(31)18-13-21-20-11-8-12-22-24(20)17(15-27-22)14-23(21)30(16-18)26(32)28-19-9-6-5-7-10-19/h5-11,13,15,18,20,23,27H,3-4,12,14,16H2,1-2H3,(H,28,32)/t18-,20?,23-/m1/s1. The normalized spacial score (nSPS) is 23.1. The van der Waals surface area contributed by atoms with Gasteiger partial charge in [0.2, 0.25) is 5.91 Å². The first kappa shape index (κ1) is 20.6. The van der Waals surface area contributed by atoms with E-state index in [1.807, 2.05) is 54.0 Å². The van der Waals surface area contributed by atoms with Crippen molar-refractivity contribution in [3.8, 4) is 0 Å². The number of para-hydroxylation sites is 1. The van der Waals surface area contributed by atoms with E-state index in [1.54, 1.807) is 0 Å². The van der Waals surface area contributed by atoms with Gasteiger partial charge in [0.05, 0.1) is 12.0 Å². The highest BCUT2D eigenvalue weighted by Gasteiger charge is 2.43. The predicted molar refractivity (Wildman–Crippen MR) is 126 cm³/mol. The molecular weight excluding hydrogens is 400 g/mol. The van der Waals surface area contributed by atoms with E-state index in [0.29, 0.717) is 19.6 Å². The Morgan fingerprint density at radius 3 is 2.72 bits per heavy atom. The van der Waals surface area contributed by atoms with Gasteiger partial charge in [-0.15, -0.1) is 0 Å². The van der Waals surface area contributed by atoms with E-state index < -0.39 is 0 Å². The van der Waals surface area contributed by atoms with Crippen LogP contribution in [0.25, 0.3) is 0 Å². The summed E-state index contributed by atoms with van der Waals surface area (Å²) >= 11 is 0. The molecule has 3 amide bonds. The number of nitrogens with zero attached hydrogens (tertiary/aromatic N) is 2. The molecule has 0 fully saturated rings. The maximum Gasteiger partial charge on any atom is 0.322 e. The van der Waals surface area contributed by atoms with E-state index in [9.17, 15) is 9.59 Å². The Morgan fingerprint density at radius 1 is 1.19 bits per heavy atom. The minimum atomic E-state index is -0.332. The molecule has 0 radical (unpaired) electrons. The monoisotopic (exact) mass is 430 g/mol. The number of rotatable bonds is 4. The summed E-state index contributed by atoms with van der Waals surface area (Å²) in [5, 5.41) is 3.05. The number of fused-ring (bicyclic) bond motifs is 2. The third-order valence-electron chi connectivity index (χ3n) is 7.05. The Labute approximate surface area is 189 Å². The first-order valence-corrected chi connectivity index (χ1v) is 11.6. The lowest BCUT2D eigenvalue weighted by molar-refractivity contribution is -0.134. The lowest BCUT2D eigenvalue weighted by Gasteiger charge is -2.45. The number of hydrogen-bond acceptors (Lipinski definition) is 2. The minimum absolute atomic E-state index is 0.0524. The van der Waals surface area contributed by atoms with Crippen molar-refractivity contribution < 1.29 is 9.59 Å². The van der Waals surface area contributed by atoms with E-state index in [1.165, 1.54) is 22.4 Å². The Balaban J connectivity index is 1.53. The molecule has 6 heteroatoms. The summed E-state index contributed by atoms with van der Waals surface area (Å²) in [5.41, 5.74) is 5.81. The van der Waals surface area contributed by atoms with Crippen molar-refractivity contribution >= 4 is 17.6 Å². The molecule has 0 bridgehead atoms. The molecule has 1 aliphatic heterocycles. The summed E-state index contributed by atoms with van der Waals surface area (Å²) in [4.78, 5) is 34.0. The third-order valence-corrected chi connectivity index (χ3v) is 7.05. The molecule has 2 aromatic rings. The number of aromatic nitrogens is 1. The maximum atomic E-state index is 13.5. The molecule has 2 heterocycles. The molecule has 6 nitrogen and oxygen atoms in total. The Hall–Kier alpha value is -3.28. The summed E-state index contributed by atoms with van der Waals surface area (Å²) < 4.78 is 0. The van der Waals surface area contributed by atoms with Gasteiger partial charge in [0, 0.05) is 49.6 Å². The number of hydrogen-bond donors (Lipinski definition) is 2. The second-order valence-corrected chi connectivity index (χ2v) is 8.77. The number of urea groups is 1. The zero-order valence-corrected chi connectivity index (χ0v) is 18.7. The summed E-state index contributed by atoms with van der Waals surface area (Å²) in [6, 6.07) is 9.32. The Morgan fingerprint density at radius 2 is 1.97 bits per heavy atom. The summed E-state index contributed by atoms with van der Waals surface area (Å²) in [6.07, 6.45) is 10.4. The lowest BCUT2D eigenvalue weighted by atomic mass is 9.71. The van der Waals surface area contributed by atoms with Crippen molar-refractivity contribution in [1.29, 1.82) is 0 Å².